The van der Waals surface area contributed by atoms with E-state index in [1.54, 1.807) is 4.90 Å². The van der Waals surface area contributed by atoms with E-state index >= 15 is 0 Å². The van der Waals surface area contributed by atoms with Gasteiger partial charge in [-0.3, -0.25) is 14.4 Å². The summed E-state index contributed by atoms with van der Waals surface area (Å²) in [6.45, 7) is 2.75. The molecular weight excluding hydrogens is 315 g/mol. The average molecular weight is 340 g/mol. The number of fused-ring (bicyclic) bond motifs is 1. The summed E-state index contributed by atoms with van der Waals surface area (Å²) < 4.78 is 20.2. The number of carbonyl (C=O) groups is 2. The van der Waals surface area contributed by atoms with E-state index < -0.39 is 5.67 Å². The minimum Gasteiger partial charge on any atom is -0.376 e. The molecule has 0 aromatic carbocycles. The molecule has 0 aromatic heterocycles. The van der Waals surface area contributed by atoms with Crippen LogP contribution in [0.25, 0.3) is 0 Å². The van der Waals surface area contributed by atoms with E-state index in [1.807, 2.05) is 0 Å². The predicted molar refractivity (Wildman–Crippen MR) is 82.5 cm³/mol. The number of hydrogen-bond donors (Lipinski definition) is 0. The van der Waals surface area contributed by atoms with Crippen LogP contribution < -0.4 is 0 Å². The van der Waals surface area contributed by atoms with Crippen LogP contribution in [0.5, 0.6) is 0 Å². The Labute approximate surface area is 141 Å². The summed E-state index contributed by atoms with van der Waals surface area (Å²) in [5.74, 6) is -0.167. The van der Waals surface area contributed by atoms with Crippen LogP contribution in [0.2, 0.25) is 0 Å². The largest absolute Gasteiger partial charge is 0.376 e. The number of amides is 2. The molecule has 7 heteroatoms. The van der Waals surface area contributed by atoms with E-state index in [1.165, 1.54) is 5.06 Å². The number of halogens is 1. The highest BCUT2D eigenvalue weighted by molar-refractivity contribution is 5.86. The molecule has 0 aromatic rings. The molecule has 0 spiro atoms. The molecule has 3 aliphatic heterocycles. The molecule has 4 fully saturated rings. The molecule has 6 nitrogen and oxygen atoms in total. The summed E-state index contributed by atoms with van der Waals surface area (Å²) in [6, 6.07) is 0. The molecular formula is C17H25FN2O4. The van der Waals surface area contributed by atoms with Gasteiger partial charge in [0.25, 0.3) is 5.91 Å². The van der Waals surface area contributed by atoms with Gasteiger partial charge in [0.05, 0.1) is 19.3 Å². The number of alkyl halides is 1. The number of rotatable bonds is 3. The minimum absolute atomic E-state index is 0.00492. The van der Waals surface area contributed by atoms with Crippen molar-refractivity contribution in [2.75, 3.05) is 32.8 Å². The van der Waals surface area contributed by atoms with Gasteiger partial charge in [0.1, 0.15) is 0 Å². The lowest BCUT2D eigenvalue weighted by molar-refractivity contribution is -0.198. The third-order valence-electron chi connectivity index (χ3n) is 5.97. The van der Waals surface area contributed by atoms with Crippen LogP contribution >= 0.6 is 0 Å². The molecule has 2 amide bonds. The molecule has 1 aliphatic carbocycles. The Hall–Kier alpha value is -1.21. The summed E-state index contributed by atoms with van der Waals surface area (Å²) in [4.78, 5) is 31.8. The monoisotopic (exact) mass is 340 g/mol. The van der Waals surface area contributed by atoms with Gasteiger partial charge in [-0.15, -0.1) is 0 Å². The summed E-state index contributed by atoms with van der Waals surface area (Å²) in [7, 11) is 0. The number of nitrogens with zero attached hydrogens (tertiary/aromatic N) is 2. The lowest BCUT2D eigenvalue weighted by atomic mass is 9.81. The molecule has 3 atom stereocenters. The maximum absolute atomic E-state index is 14.4. The second kappa shape index (κ2) is 6.26. The van der Waals surface area contributed by atoms with Gasteiger partial charge in [-0.25, -0.2) is 9.45 Å². The summed E-state index contributed by atoms with van der Waals surface area (Å²) >= 11 is 0. The Morgan fingerprint density at radius 1 is 1.17 bits per heavy atom. The fourth-order valence-corrected chi connectivity index (χ4v) is 4.28. The Balaban J connectivity index is 1.34. The highest BCUT2D eigenvalue weighted by atomic mass is 19.1. The van der Waals surface area contributed by atoms with E-state index in [0.29, 0.717) is 52.1 Å². The van der Waals surface area contributed by atoms with Crippen molar-refractivity contribution in [3.63, 3.8) is 0 Å². The van der Waals surface area contributed by atoms with E-state index in [2.05, 4.69) is 0 Å². The summed E-state index contributed by atoms with van der Waals surface area (Å²) in [5, 5.41) is 1.47. The Morgan fingerprint density at radius 2 is 2.00 bits per heavy atom. The molecule has 1 saturated carbocycles. The molecule has 4 aliphatic rings. The van der Waals surface area contributed by atoms with Crippen LogP contribution in [-0.2, 0) is 19.2 Å². The first-order valence-electron chi connectivity index (χ1n) is 9.10. The molecule has 0 unspecified atom stereocenters. The summed E-state index contributed by atoms with van der Waals surface area (Å²) in [6.07, 6.45) is 3.75. The second-order valence-corrected chi connectivity index (χ2v) is 7.57. The van der Waals surface area contributed by atoms with Crippen LogP contribution in [-0.4, -0.2) is 66.4 Å². The van der Waals surface area contributed by atoms with Crippen molar-refractivity contribution in [1.82, 2.24) is 9.96 Å². The van der Waals surface area contributed by atoms with Crippen LogP contribution in [0.3, 0.4) is 0 Å². The Bertz CT molecular complexity index is 519. The lowest BCUT2D eigenvalue weighted by Crippen LogP contribution is -2.50. The van der Waals surface area contributed by atoms with Gasteiger partial charge < -0.3 is 9.64 Å². The normalized spacial score (nSPS) is 34.8. The molecule has 4 rings (SSSR count). The van der Waals surface area contributed by atoms with Crippen LogP contribution in [0.1, 0.15) is 38.5 Å². The van der Waals surface area contributed by atoms with E-state index in [9.17, 15) is 14.0 Å². The summed E-state index contributed by atoms with van der Waals surface area (Å²) in [5.41, 5.74) is -1.65. The fraction of sp³-hybridized carbons (Fsp3) is 0.882. The van der Waals surface area contributed by atoms with Crippen molar-refractivity contribution in [2.45, 2.75) is 50.3 Å². The van der Waals surface area contributed by atoms with Crippen LogP contribution in [0, 0.1) is 11.8 Å². The standard InChI is InChI=1S/C17H25FN2O4/c18-17(4-3-5-17)16(22)19-9-13-12(11-23-14(13)10-19)8-15(21)20-6-1-2-7-24-20/h12-14H,1-11H2/t12-,13+,14+/m0/s1. The average Bonchev–Trinajstić information content (AvgIpc) is 3.14. The predicted octanol–water partition coefficient (Wildman–Crippen LogP) is 1.30. The van der Waals surface area contributed by atoms with Crippen molar-refractivity contribution in [3.05, 3.63) is 0 Å². The van der Waals surface area contributed by atoms with Crippen LogP contribution in [0.4, 0.5) is 4.39 Å². The first-order valence-corrected chi connectivity index (χ1v) is 9.10. The zero-order valence-corrected chi connectivity index (χ0v) is 13.9. The van der Waals surface area contributed by atoms with E-state index in [4.69, 9.17) is 9.57 Å². The maximum atomic E-state index is 14.4. The zero-order valence-electron chi connectivity index (χ0n) is 13.9. The number of likely N-dealkylation sites (tertiary alicyclic amines) is 1. The number of carbonyl (C=O) groups excluding carboxylic acids is 2. The maximum Gasteiger partial charge on any atom is 0.260 e. The van der Waals surface area contributed by atoms with Gasteiger partial charge in [-0.1, -0.05) is 0 Å². The van der Waals surface area contributed by atoms with Crippen molar-refractivity contribution >= 4 is 11.8 Å². The van der Waals surface area contributed by atoms with Crippen molar-refractivity contribution < 1.29 is 23.6 Å². The highest BCUT2D eigenvalue weighted by Crippen LogP contribution is 2.41. The fourth-order valence-electron chi connectivity index (χ4n) is 4.28. The van der Waals surface area contributed by atoms with Gasteiger partial charge in [0.2, 0.25) is 5.91 Å². The zero-order chi connectivity index (χ0) is 16.7. The Morgan fingerprint density at radius 3 is 2.67 bits per heavy atom. The molecule has 134 valence electrons. The molecule has 0 bridgehead atoms. The highest BCUT2D eigenvalue weighted by Gasteiger charge is 2.52. The number of ether oxygens (including phenoxy) is 1. The van der Waals surface area contributed by atoms with E-state index in [0.717, 1.165) is 19.3 Å². The third-order valence-corrected chi connectivity index (χ3v) is 5.97. The van der Waals surface area contributed by atoms with Gasteiger partial charge >= 0.3 is 0 Å². The molecule has 3 heterocycles. The number of hydroxylamine groups is 2. The molecule has 0 radical (unpaired) electrons. The molecule has 24 heavy (non-hydrogen) atoms. The molecule has 0 N–H and O–H groups in total. The topological polar surface area (TPSA) is 59.1 Å². The quantitative estimate of drug-likeness (QED) is 0.777. The smallest absolute Gasteiger partial charge is 0.260 e. The van der Waals surface area contributed by atoms with Gasteiger partial charge in [0.15, 0.2) is 5.67 Å². The third kappa shape index (κ3) is 2.81. The number of hydrogen-bond acceptors (Lipinski definition) is 4. The van der Waals surface area contributed by atoms with Crippen molar-refractivity contribution in [1.29, 1.82) is 0 Å². The van der Waals surface area contributed by atoms with Gasteiger partial charge in [-0.05, 0) is 38.0 Å². The van der Waals surface area contributed by atoms with Crippen LogP contribution in [0.15, 0.2) is 0 Å². The van der Waals surface area contributed by atoms with Gasteiger partial charge in [0, 0.05) is 32.0 Å². The minimum atomic E-state index is -1.65. The SMILES string of the molecule is O=C(C[C@H]1CO[C@@H]2CN(C(=O)C3(F)CCC3)C[C@H]12)N1CCCCO1. The lowest BCUT2D eigenvalue weighted by Gasteiger charge is -2.35. The first-order chi connectivity index (χ1) is 11.6. The Kier molecular flexibility index (Phi) is 4.24. The molecule has 3 saturated heterocycles. The van der Waals surface area contributed by atoms with Gasteiger partial charge in [-0.2, -0.15) is 0 Å². The van der Waals surface area contributed by atoms with Crippen molar-refractivity contribution in [2.24, 2.45) is 11.8 Å². The second-order valence-electron chi connectivity index (χ2n) is 7.57. The first kappa shape index (κ1) is 16.3. The van der Waals surface area contributed by atoms with E-state index in [-0.39, 0.29) is 29.8 Å². The van der Waals surface area contributed by atoms with Crippen molar-refractivity contribution in [3.8, 4) is 0 Å².